The molecule has 0 aliphatic carbocycles. The Balaban J connectivity index is 1.56. The molecule has 2 heterocycles. The van der Waals surface area contributed by atoms with Crippen molar-refractivity contribution in [1.29, 1.82) is 0 Å². The minimum atomic E-state index is -0.286. The van der Waals surface area contributed by atoms with Crippen LogP contribution in [0.3, 0.4) is 0 Å². The fraction of sp³-hybridized carbons (Fsp3) is 0.300. The zero-order valence-corrected chi connectivity index (χ0v) is 16.4. The number of para-hydroxylation sites is 1. The Morgan fingerprint density at radius 1 is 1.11 bits per heavy atom. The molecular formula is C20H21N5OS. The van der Waals surface area contributed by atoms with Gasteiger partial charge in [-0.05, 0) is 66.4 Å². The van der Waals surface area contributed by atoms with Gasteiger partial charge in [0.1, 0.15) is 0 Å². The van der Waals surface area contributed by atoms with E-state index in [2.05, 4.69) is 41.5 Å². The van der Waals surface area contributed by atoms with Crippen LogP contribution in [-0.4, -0.2) is 37.9 Å². The Kier molecular flexibility index (Phi) is 4.70. The first-order valence-corrected chi connectivity index (χ1v) is 9.85. The van der Waals surface area contributed by atoms with E-state index in [0.29, 0.717) is 5.16 Å². The average Bonchev–Trinajstić information content (AvgIpc) is 3.30. The molecular weight excluding hydrogens is 358 g/mol. The van der Waals surface area contributed by atoms with Crippen LogP contribution >= 0.6 is 11.8 Å². The molecule has 138 valence electrons. The highest BCUT2D eigenvalue weighted by Crippen LogP contribution is 2.31. The van der Waals surface area contributed by atoms with E-state index in [9.17, 15) is 4.79 Å². The summed E-state index contributed by atoms with van der Waals surface area (Å²) in [4.78, 5) is 14.9. The molecule has 1 aromatic heterocycles. The lowest BCUT2D eigenvalue weighted by molar-refractivity contribution is -0.117. The number of nitrogens with zero attached hydrogens (tertiary/aromatic N) is 5. The van der Waals surface area contributed by atoms with Crippen LogP contribution in [0, 0.1) is 13.8 Å². The van der Waals surface area contributed by atoms with Crippen molar-refractivity contribution in [3.8, 4) is 5.69 Å². The van der Waals surface area contributed by atoms with E-state index in [1.165, 1.54) is 22.9 Å². The van der Waals surface area contributed by atoms with Gasteiger partial charge in [0.05, 0.1) is 10.9 Å². The van der Waals surface area contributed by atoms with Gasteiger partial charge < -0.3 is 4.90 Å². The van der Waals surface area contributed by atoms with Crippen LogP contribution in [0.25, 0.3) is 5.69 Å². The van der Waals surface area contributed by atoms with Gasteiger partial charge in [-0.2, -0.15) is 4.68 Å². The number of anilines is 1. The van der Waals surface area contributed by atoms with Crippen molar-refractivity contribution in [2.75, 3.05) is 11.4 Å². The molecule has 1 amide bonds. The van der Waals surface area contributed by atoms with Gasteiger partial charge in [-0.3, -0.25) is 4.79 Å². The number of fused-ring (bicyclic) bond motifs is 1. The maximum atomic E-state index is 13.0. The highest BCUT2D eigenvalue weighted by atomic mass is 32.2. The second kappa shape index (κ2) is 7.15. The van der Waals surface area contributed by atoms with E-state index in [1.807, 2.05) is 42.2 Å². The summed E-state index contributed by atoms with van der Waals surface area (Å²) in [5.41, 5.74) is 5.48. The van der Waals surface area contributed by atoms with Gasteiger partial charge in [0.15, 0.2) is 0 Å². The lowest BCUT2D eigenvalue weighted by Gasteiger charge is -2.21. The van der Waals surface area contributed by atoms with E-state index in [1.54, 1.807) is 4.68 Å². The topological polar surface area (TPSA) is 63.9 Å². The zero-order chi connectivity index (χ0) is 19.0. The number of benzene rings is 2. The summed E-state index contributed by atoms with van der Waals surface area (Å²) in [6.45, 7) is 6.75. The summed E-state index contributed by atoms with van der Waals surface area (Å²) < 4.78 is 1.72. The minimum Gasteiger partial charge on any atom is -0.311 e. The average molecular weight is 379 g/mol. The Morgan fingerprint density at radius 3 is 2.74 bits per heavy atom. The molecule has 0 bridgehead atoms. The summed E-state index contributed by atoms with van der Waals surface area (Å²) in [5.74, 6) is 0.0838. The molecule has 3 aromatic rings. The van der Waals surface area contributed by atoms with Gasteiger partial charge in [0, 0.05) is 12.2 Å². The molecule has 0 spiro atoms. The van der Waals surface area contributed by atoms with Crippen LogP contribution in [0.15, 0.2) is 47.6 Å². The third-order valence-corrected chi connectivity index (χ3v) is 6.05. The summed E-state index contributed by atoms with van der Waals surface area (Å²) >= 11 is 1.39. The number of aromatic nitrogens is 4. The molecule has 0 radical (unpaired) electrons. The van der Waals surface area contributed by atoms with Gasteiger partial charge in [-0.15, -0.1) is 5.10 Å². The SMILES string of the molecule is Cc1cccc(-n2nnnc2SC(C)C(=O)N2CCc3ccccc32)c1C. The van der Waals surface area contributed by atoms with Crippen LogP contribution in [0.1, 0.15) is 23.6 Å². The fourth-order valence-electron chi connectivity index (χ4n) is 3.36. The number of hydrogen-bond acceptors (Lipinski definition) is 5. The van der Waals surface area contributed by atoms with Crippen molar-refractivity contribution in [3.63, 3.8) is 0 Å². The number of aryl methyl sites for hydroxylation is 1. The van der Waals surface area contributed by atoms with Crippen molar-refractivity contribution >= 4 is 23.4 Å². The van der Waals surface area contributed by atoms with Crippen molar-refractivity contribution in [2.24, 2.45) is 0 Å². The highest BCUT2D eigenvalue weighted by Gasteiger charge is 2.29. The van der Waals surface area contributed by atoms with Crippen LogP contribution in [0.2, 0.25) is 0 Å². The lowest BCUT2D eigenvalue weighted by atomic mass is 10.1. The Labute approximate surface area is 162 Å². The van der Waals surface area contributed by atoms with Crippen molar-refractivity contribution in [2.45, 2.75) is 37.6 Å². The molecule has 0 N–H and O–H groups in total. The molecule has 2 aromatic carbocycles. The van der Waals surface area contributed by atoms with Gasteiger partial charge in [-0.25, -0.2) is 0 Å². The Bertz CT molecular complexity index is 1000. The van der Waals surface area contributed by atoms with Gasteiger partial charge in [0.2, 0.25) is 11.1 Å². The summed E-state index contributed by atoms with van der Waals surface area (Å²) in [6, 6.07) is 14.1. The van der Waals surface area contributed by atoms with Crippen molar-refractivity contribution in [1.82, 2.24) is 20.2 Å². The predicted molar refractivity (Wildman–Crippen MR) is 106 cm³/mol. The molecule has 0 fully saturated rings. The summed E-state index contributed by atoms with van der Waals surface area (Å²) in [5, 5.41) is 12.5. The van der Waals surface area contributed by atoms with E-state index in [-0.39, 0.29) is 11.2 Å². The van der Waals surface area contributed by atoms with Crippen LogP contribution < -0.4 is 4.90 Å². The van der Waals surface area contributed by atoms with E-state index < -0.39 is 0 Å². The van der Waals surface area contributed by atoms with Gasteiger partial charge in [0.25, 0.3) is 0 Å². The molecule has 1 atom stereocenters. The number of amides is 1. The second-order valence-electron chi connectivity index (χ2n) is 6.72. The first-order chi connectivity index (χ1) is 13.1. The minimum absolute atomic E-state index is 0.0838. The number of hydrogen-bond donors (Lipinski definition) is 0. The predicted octanol–water partition coefficient (Wildman–Crippen LogP) is 3.35. The molecule has 1 aliphatic rings. The first-order valence-electron chi connectivity index (χ1n) is 8.97. The van der Waals surface area contributed by atoms with Gasteiger partial charge >= 0.3 is 0 Å². The van der Waals surface area contributed by atoms with E-state index >= 15 is 0 Å². The van der Waals surface area contributed by atoms with Crippen molar-refractivity contribution in [3.05, 3.63) is 59.2 Å². The van der Waals surface area contributed by atoms with Crippen LogP contribution in [0.5, 0.6) is 0 Å². The number of carbonyl (C=O) groups excluding carboxylic acids is 1. The molecule has 1 aliphatic heterocycles. The maximum absolute atomic E-state index is 13.0. The van der Waals surface area contributed by atoms with E-state index in [4.69, 9.17) is 0 Å². The third kappa shape index (κ3) is 3.23. The largest absolute Gasteiger partial charge is 0.311 e. The molecule has 7 heteroatoms. The van der Waals surface area contributed by atoms with Crippen molar-refractivity contribution < 1.29 is 4.79 Å². The monoisotopic (exact) mass is 379 g/mol. The smallest absolute Gasteiger partial charge is 0.240 e. The number of carbonyl (C=O) groups is 1. The molecule has 0 saturated carbocycles. The first kappa shape index (κ1) is 17.7. The zero-order valence-electron chi connectivity index (χ0n) is 15.6. The third-order valence-electron chi connectivity index (χ3n) is 5.03. The summed E-state index contributed by atoms with van der Waals surface area (Å²) in [6.07, 6.45) is 0.902. The van der Waals surface area contributed by atoms with E-state index in [0.717, 1.165) is 29.9 Å². The van der Waals surface area contributed by atoms with Crippen LogP contribution in [-0.2, 0) is 11.2 Å². The number of tetrazole rings is 1. The quantitative estimate of drug-likeness (QED) is 0.651. The molecule has 4 rings (SSSR count). The fourth-order valence-corrected chi connectivity index (χ4v) is 4.23. The lowest BCUT2D eigenvalue weighted by Crippen LogP contribution is -2.35. The molecule has 6 nitrogen and oxygen atoms in total. The number of thioether (sulfide) groups is 1. The Hall–Kier alpha value is -2.67. The second-order valence-corrected chi connectivity index (χ2v) is 8.03. The normalized spacial score (nSPS) is 14.3. The maximum Gasteiger partial charge on any atom is 0.240 e. The number of rotatable bonds is 4. The standard InChI is InChI=1S/C20H21N5OS/c1-13-7-6-10-17(14(13)2)25-20(21-22-23-25)27-15(3)19(26)24-12-11-16-8-4-5-9-18(16)24/h4-10,15H,11-12H2,1-3H3. The summed E-state index contributed by atoms with van der Waals surface area (Å²) in [7, 11) is 0. The Morgan fingerprint density at radius 2 is 1.89 bits per heavy atom. The molecule has 27 heavy (non-hydrogen) atoms. The molecule has 1 unspecified atom stereocenters. The van der Waals surface area contributed by atoms with Crippen LogP contribution in [0.4, 0.5) is 5.69 Å². The molecule has 0 saturated heterocycles. The highest BCUT2D eigenvalue weighted by molar-refractivity contribution is 8.00. The van der Waals surface area contributed by atoms with Gasteiger partial charge in [-0.1, -0.05) is 42.1 Å².